The molecule has 1 fully saturated rings. The number of likely N-dealkylation sites (tertiary alicyclic amines) is 1. The first-order chi connectivity index (χ1) is 14.1. The normalized spacial score (nSPS) is 17.8. The molecule has 0 radical (unpaired) electrons. The van der Waals surface area contributed by atoms with Gasteiger partial charge in [0.25, 0.3) is 5.56 Å². The predicted octanol–water partition coefficient (Wildman–Crippen LogP) is 3.20. The van der Waals surface area contributed by atoms with Gasteiger partial charge in [0.1, 0.15) is 11.9 Å². The van der Waals surface area contributed by atoms with Gasteiger partial charge in [0.15, 0.2) is 0 Å². The second-order valence-electron chi connectivity index (χ2n) is 7.49. The van der Waals surface area contributed by atoms with Crippen LogP contribution in [0.3, 0.4) is 0 Å². The summed E-state index contributed by atoms with van der Waals surface area (Å²) in [5.74, 6) is 0.681. The van der Waals surface area contributed by atoms with Crippen LogP contribution >= 0.6 is 0 Å². The predicted molar refractivity (Wildman–Crippen MR) is 110 cm³/mol. The Morgan fingerprint density at radius 3 is 2.83 bits per heavy atom. The number of carbonyl (C=O) groups is 1. The highest BCUT2D eigenvalue weighted by molar-refractivity contribution is 5.83. The number of amides is 1. The van der Waals surface area contributed by atoms with Gasteiger partial charge in [-0.25, -0.2) is 9.67 Å². The van der Waals surface area contributed by atoms with Crippen molar-refractivity contribution in [3.63, 3.8) is 0 Å². The van der Waals surface area contributed by atoms with Gasteiger partial charge in [0, 0.05) is 11.9 Å². The molecule has 7 nitrogen and oxygen atoms in total. The van der Waals surface area contributed by atoms with Gasteiger partial charge in [-0.1, -0.05) is 30.3 Å². The third kappa shape index (κ3) is 2.90. The van der Waals surface area contributed by atoms with Crippen molar-refractivity contribution in [1.82, 2.24) is 24.6 Å². The van der Waals surface area contributed by atoms with Crippen molar-refractivity contribution in [2.24, 2.45) is 0 Å². The highest BCUT2D eigenvalue weighted by Gasteiger charge is 2.35. The highest BCUT2D eigenvalue weighted by atomic mass is 16.2. The monoisotopic (exact) mass is 387 g/mol. The van der Waals surface area contributed by atoms with Crippen molar-refractivity contribution in [1.29, 1.82) is 0 Å². The van der Waals surface area contributed by atoms with Crippen LogP contribution < -0.4 is 5.56 Å². The summed E-state index contributed by atoms with van der Waals surface area (Å²) in [7, 11) is 0. The van der Waals surface area contributed by atoms with E-state index >= 15 is 0 Å². The zero-order valence-electron chi connectivity index (χ0n) is 16.1. The maximum atomic E-state index is 13.3. The molecule has 146 valence electrons. The molecule has 3 heterocycles. The molecule has 29 heavy (non-hydrogen) atoms. The molecule has 7 heteroatoms. The van der Waals surface area contributed by atoms with Crippen molar-refractivity contribution in [3.8, 4) is 0 Å². The topological polar surface area (TPSA) is 83.9 Å². The van der Waals surface area contributed by atoms with E-state index in [4.69, 9.17) is 0 Å². The van der Waals surface area contributed by atoms with Crippen molar-refractivity contribution >= 4 is 27.7 Å². The minimum Gasteiger partial charge on any atom is -0.340 e. The molecule has 1 aliphatic heterocycles. The third-order valence-electron chi connectivity index (χ3n) is 5.70. The molecule has 0 aliphatic carbocycles. The van der Waals surface area contributed by atoms with Gasteiger partial charge in [-0.3, -0.25) is 9.59 Å². The first-order valence-corrected chi connectivity index (χ1v) is 9.85. The average Bonchev–Trinajstić information content (AvgIpc) is 3.40. The van der Waals surface area contributed by atoms with Gasteiger partial charge in [0.05, 0.1) is 28.7 Å². The molecular formula is C22H21N5O2. The summed E-state index contributed by atoms with van der Waals surface area (Å²) in [5.41, 5.74) is 1.60. The van der Waals surface area contributed by atoms with E-state index < -0.39 is 6.04 Å². The zero-order valence-corrected chi connectivity index (χ0v) is 16.1. The molecule has 1 aliphatic rings. The highest BCUT2D eigenvalue weighted by Crippen LogP contribution is 2.33. The van der Waals surface area contributed by atoms with Gasteiger partial charge in [-0.2, -0.15) is 5.10 Å². The van der Waals surface area contributed by atoms with E-state index in [1.54, 1.807) is 19.2 Å². The standard InChI is InChI=1S/C22H21N5O2/c1-14(27-22(29)16-8-3-2-7-15(16)13-23-27)21(28)26-12-6-11-19(26)20-24-17-9-4-5-10-18(17)25-20/h2-5,7-10,13-14,19H,6,11-12H2,1H3,(H,24,25)/t14-,19+/m1/s1. The number of hydrogen-bond donors (Lipinski definition) is 1. The van der Waals surface area contributed by atoms with Crippen LogP contribution in [0.2, 0.25) is 0 Å². The molecule has 1 saturated heterocycles. The second kappa shape index (κ2) is 6.84. The van der Waals surface area contributed by atoms with Gasteiger partial charge in [-0.15, -0.1) is 0 Å². The van der Waals surface area contributed by atoms with E-state index in [1.807, 2.05) is 47.4 Å². The van der Waals surface area contributed by atoms with E-state index in [0.29, 0.717) is 11.9 Å². The first kappa shape index (κ1) is 17.6. The Morgan fingerprint density at radius 1 is 1.17 bits per heavy atom. The first-order valence-electron chi connectivity index (χ1n) is 9.85. The lowest BCUT2D eigenvalue weighted by atomic mass is 10.2. The van der Waals surface area contributed by atoms with Gasteiger partial charge < -0.3 is 9.88 Å². The molecule has 0 bridgehead atoms. The van der Waals surface area contributed by atoms with Gasteiger partial charge in [-0.05, 0) is 38.0 Å². The summed E-state index contributed by atoms with van der Waals surface area (Å²) in [6.07, 6.45) is 3.39. The Hall–Kier alpha value is -3.48. The molecule has 2 aromatic carbocycles. The van der Waals surface area contributed by atoms with E-state index in [1.165, 1.54) is 4.68 Å². The molecule has 0 spiro atoms. The molecule has 1 N–H and O–H groups in total. The van der Waals surface area contributed by atoms with Crippen LogP contribution in [-0.2, 0) is 4.79 Å². The summed E-state index contributed by atoms with van der Waals surface area (Å²) in [5, 5.41) is 5.60. The Balaban J connectivity index is 1.47. The summed E-state index contributed by atoms with van der Waals surface area (Å²) < 4.78 is 1.29. The minimum atomic E-state index is -0.683. The number of carbonyl (C=O) groups excluding carboxylic acids is 1. The quantitative estimate of drug-likeness (QED) is 0.585. The van der Waals surface area contributed by atoms with Crippen LogP contribution in [0.1, 0.15) is 37.7 Å². The Labute approximate surface area is 167 Å². The number of nitrogens with zero attached hydrogens (tertiary/aromatic N) is 4. The largest absolute Gasteiger partial charge is 0.340 e. The lowest BCUT2D eigenvalue weighted by Crippen LogP contribution is -2.40. The molecule has 4 aromatic rings. The molecule has 1 amide bonds. The number of para-hydroxylation sites is 2. The molecule has 2 atom stereocenters. The summed E-state index contributed by atoms with van der Waals surface area (Å²) in [6.45, 7) is 2.38. The molecule has 5 rings (SSSR count). The number of benzene rings is 2. The number of hydrogen-bond acceptors (Lipinski definition) is 4. The number of nitrogens with one attached hydrogen (secondary N) is 1. The Morgan fingerprint density at radius 2 is 1.97 bits per heavy atom. The number of fused-ring (bicyclic) bond motifs is 2. The minimum absolute atomic E-state index is 0.113. The summed E-state index contributed by atoms with van der Waals surface area (Å²) >= 11 is 0. The number of rotatable bonds is 3. The summed E-state index contributed by atoms with van der Waals surface area (Å²) in [4.78, 5) is 36.0. The number of aromatic amines is 1. The van der Waals surface area contributed by atoms with Crippen molar-refractivity contribution in [2.75, 3.05) is 6.54 Å². The van der Waals surface area contributed by atoms with E-state index in [-0.39, 0.29) is 17.5 Å². The molecule has 0 unspecified atom stereocenters. The maximum absolute atomic E-state index is 13.3. The van der Waals surface area contributed by atoms with Crippen molar-refractivity contribution in [3.05, 3.63) is 70.9 Å². The lowest BCUT2D eigenvalue weighted by molar-refractivity contribution is -0.135. The van der Waals surface area contributed by atoms with Gasteiger partial charge >= 0.3 is 0 Å². The van der Waals surface area contributed by atoms with E-state index in [2.05, 4.69) is 15.1 Å². The molecule has 2 aromatic heterocycles. The van der Waals surface area contributed by atoms with Crippen LogP contribution in [0.5, 0.6) is 0 Å². The zero-order chi connectivity index (χ0) is 20.0. The lowest BCUT2D eigenvalue weighted by Gasteiger charge is -2.26. The van der Waals surface area contributed by atoms with E-state index in [0.717, 1.165) is 35.1 Å². The second-order valence-corrected chi connectivity index (χ2v) is 7.49. The van der Waals surface area contributed by atoms with E-state index in [9.17, 15) is 9.59 Å². The Kier molecular flexibility index (Phi) is 4.16. The average molecular weight is 387 g/mol. The van der Waals surface area contributed by atoms with Crippen molar-refractivity contribution in [2.45, 2.75) is 31.8 Å². The number of aromatic nitrogens is 4. The number of H-pyrrole nitrogens is 1. The third-order valence-corrected chi connectivity index (χ3v) is 5.70. The van der Waals surface area contributed by atoms with Crippen LogP contribution in [0, 0.1) is 0 Å². The van der Waals surface area contributed by atoms with Crippen LogP contribution in [0.15, 0.2) is 59.5 Å². The van der Waals surface area contributed by atoms with Crippen molar-refractivity contribution < 1.29 is 4.79 Å². The van der Waals surface area contributed by atoms with Gasteiger partial charge in [0.2, 0.25) is 5.91 Å². The summed E-state index contributed by atoms with van der Waals surface area (Å²) in [6, 6.07) is 14.3. The van der Waals surface area contributed by atoms with Crippen LogP contribution in [0.4, 0.5) is 0 Å². The maximum Gasteiger partial charge on any atom is 0.275 e. The fourth-order valence-corrected chi connectivity index (χ4v) is 4.17. The van der Waals surface area contributed by atoms with Crippen LogP contribution in [0.25, 0.3) is 21.8 Å². The fraction of sp³-hybridized carbons (Fsp3) is 0.273. The Bertz CT molecular complexity index is 1240. The fourth-order valence-electron chi connectivity index (χ4n) is 4.17. The van der Waals surface area contributed by atoms with Crippen LogP contribution in [-0.4, -0.2) is 37.1 Å². The number of imidazole rings is 1. The SMILES string of the molecule is C[C@H](C(=O)N1CCC[C@H]1c1nc2ccccc2[nH]1)n1ncc2ccccc2c1=O. The smallest absolute Gasteiger partial charge is 0.275 e. The molecule has 0 saturated carbocycles. The molecular weight excluding hydrogens is 366 g/mol.